The van der Waals surface area contributed by atoms with E-state index in [-0.39, 0.29) is 24.0 Å². The van der Waals surface area contributed by atoms with Crippen molar-refractivity contribution in [2.75, 3.05) is 7.11 Å². The van der Waals surface area contributed by atoms with Crippen LogP contribution in [0.3, 0.4) is 0 Å². The SMILES string of the molecule is CCCCCCC/C(=C\C(CCCCCCCC(=O)OC)OC(C)=O)OC(C)=O. The molecule has 0 aliphatic carbocycles. The van der Waals surface area contributed by atoms with Gasteiger partial charge in [0.2, 0.25) is 0 Å². The Bertz CT molecular complexity index is 498. The lowest BCUT2D eigenvalue weighted by atomic mass is 10.0. The van der Waals surface area contributed by atoms with Crippen molar-refractivity contribution in [3.8, 4) is 0 Å². The van der Waals surface area contributed by atoms with Crippen LogP contribution in [0.5, 0.6) is 0 Å². The number of carbonyl (C=O) groups is 3. The number of esters is 3. The molecule has 0 aromatic heterocycles. The van der Waals surface area contributed by atoms with Gasteiger partial charge in [-0.25, -0.2) is 0 Å². The smallest absolute Gasteiger partial charge is 0.307 e. The Morgan fingerprint density at radius 3 is 1.97 bits per heavy atom. The second kappa shape index (κ2) is 18.2. The Morgan fingerprint density at radius 1 is 0.793 bits per heavy atom. The summed E-state index contributed by atoms with van der Waals surface area (Å²) in [6, 6.07) is 0. The molecule has 0 N–H and O–H groups in total. The van der Waals surface area contributed by atoms with E-state index in [9.17, 15) is 14.4 Å². The summed E-state index contributed by atoms with van der Waals surface area (Å²) in [5, 5.41) is 0. The largest absolute Gasteiger partial charge is 0.469 e. The molecule has 0 fully saturated rings. The molecule has 0 aliphatic rings. The van der Waals surface area contributed by atoms with Crippen LogP contribution in [-0.2, 0) is 28.6 Å². The van der Waals surface area contributed by atoms with Crippen molar-refractivity contribution < 1.29 is 28.6 Å². The molecule has 0 amide bonds. The first-order chi connectivity index (χ1) is 13.9. The summed E-state index contributed by atoms with van der Waals surface area (Å²) in [4.78, 5) is 34.0. The number of rotatable bonds is 17. The number of unbranched alkanes of at least 4 members (excludes halogenated alkanes) is 8. The standard InChI is InChI=1S/C23H40O6/c1-5-6-7-9-12-15-21(28-19(2)24)18-22(29-20(3)25)16-13-10-8-11-14-17-23(26)27-4/h18,22H,5-17H2,1-4H3/b21-18+. The third-order valence-corrected chi connectivity index (χ3v) is 4.59. The van der Waals surface area contributed by atoms with E-state index >= 15 is 0 Å². The first-order valence-electron chi connectivity index (χ1n) is 11.0. The first kappa shape index (κ1) is 27.1. The van der Waals surface area contributed by atoms with E-state index in [0.29, 0.717) is 25.0 Å². The van der Waals surface area contributed by atoms with Crippen LogP contribution in [0.15, 0.2) is 11.8 Å². The zero-order valence-corrected chi connectivity index (χ0v) is 18.8. The van der Waals surface area contributed by atoms with E-state index in [1.807, 2.05) is 0 Å². The lowest BCUT2D eigenvalue weighted by molar-refractivity contribution is -0.144. The molecule has 0 aliphatic heterocycles. The molecule has 0 rings (SSSR count). The second-order valence-corrected chi connectivity index (χ2v) is 7.42. The van der Waals surface area contributed by atoms with Gasteiger partial charge in [0.1, 0.15) is 11.9 Å². The normalized spacial score (nSPS) is 12.3. The highest BCUT2D eigenvalue weighted by molar-refractivity contribution is 5.69. The predicted octanol–water partition coefficient (Wildman–Crippen LogP) is 5.63. The summed E-state index contributed by atoms with van der Waals surface area (Å²) in [6.07, 6.45) is 13.6. The van der Waals surface area contributed by atoms with Gasteiger partial charge in [0.15, 0.2) is 0 Å². The van der Waals surface area contributed by atoms with Gasteiger partial charge >= 0.3 is 17.9 Å². The van der Waals surface area contributed by atoms with Crippen molar-refractivity contribution in [2.45, 2.75) is 110 Å². The first-order valence-corrected chi connectivity index (χ1v) is 11.0. The van der Waals surface area contributed by atoms with E-state index in [4.69, 9.17) is 9.47 Å². The summed E-state index contributed by atoms with van der Waals surface area (Å²) in [7, 11) is 1.40. The van der Waals surface area contributed by atoms with Crippen LogP contribution < -0.4 is 0 Å². The topological polar surface area (TPSA) is 78.9 Å². The zero-order valence-electron chi connectivity index (χ0n) is 18.8. The number of hydrogen-bond donors (Lipinski definition) is 0. The lowest BCUT2D eigenvalue weighted by Crippen LogP contribution is -2.15. The molecule has 0 heterocycles. The average molecular weight is 413 g/mol. The van der Waals surface area contributed by atoms with Crippen molar-refractivity contribution in [1.29, 1.82) is 0 Å². The minimum Gasteiger partial charge on any atom is -0.469 e. The Labute approximate surface area is 176 Å². The summed E-state index contributed by atoms with van der Waals surface area (Å²) in [5.74, 6) is -0.262. The number of allylic oxidation sites excluding steroid dienone is 1. The minimum atomic E-state index is -0.382. The van der Waals surface area contributed by atoms with Crippen LogP contribution in [-0.4, -0.2) is 31.1 Å². The number of carbonyl (C=O) groups excluding carboxylic acids is 3. The molecule has 1 atom stereocenters. The van der Waals surface area contributed by atoms with E-state index in [1.54, 1.807) is 6.08 Å². The van der Waals surface area contributed by atoms with Gasteiger partial charge < -0.3 is 14.2 Å². The molecule has 6 heteroatoms. The van der Waals surface area contributed by atoms with Gasteiger partial charge in [-0.2, -0.15) is 0 Å². The Morgan fingerprint density at radius 2 is 1.38 bits per heavy atom. The van der Waals surface area contributed by atoms with E-state index in [1.165, 1.54) is 40.2 Å². The molecule has 0 radical (unpaired) electrons. The van der Waals surface area contributed by atoms with E-state index < -0.39 is 0 Å². The van der Waals surface area contributed by atoms with E-state index in [0.717, 1.165) is 44.9 Å². The molecule has 0 aromatic carbocycles. The predicted molar refractivity (Wildman–Crippen MR) is 113 cm³/mol. The third-order valence-electron chi connectivity index (χ3n) is 4.59. The fourth-order valence-electron chi connectivity index (χ4n) is 3.10. The monoisotopic (exact) mass is 412 g/mol. The van der Waals surface area contributed by atoms with Crippen LogP contribution in [0.1, 0.15) is 104 Å². The zero-order chi connectivity index (χ0) is 21.9. The van der Waals surface area contributed by atoms with Gasteiger partial charge in [0, 0.05) is 26.7 Å². The molecule has 1 unspecified atom stereocenters. The van der Waals surface area contributed by atoms with Crippen molar-refractivity contribution >= 4 is 17.9 Å². The lowest BCUT2D eigenvalue weighted by Gasteiger charge is -2.16. The fourth-order valence-corrected chi connectivity index (χ4v) is 3.10. The summed E-state index contributed by atoms with van der Waals surface area (Å²) >= 11 is 0. The van der Waals surface area contributed by atoms with Gasteiger partial charge in [0.05, 0.1) is 7.11 Å². The molecule has 0 bridgehead atoms. The molecular weight excluding hydrogens is 372 g/mol. The summed E-state index contributed by atoms with van der Waals surface area (Å²) in [6.45, 7) is 4.96. The molecule has 29 heavy (non-hydrogen) atoms. The van der Waals surface area contributed by atoms with Gasteiger partial charge in [-0.3, -0.25) is 14.4 Å². The number of hydrogen-bond acceptors (Lipinski definition) is 6. The third kappa shape index (κ3) is 17.9. The molecule has 0 saturated carbocycles. The van der Waals surface area contributed by atoms with Crippen molar-refractivity contribution in [1.82, 2.24) is 0 Å². The highest BCUT2D eigenvalue weighted by Crippen LogP contribution is 2.18. The molecule has 0 saturated heterocycles. The molecule has 6 nitrogen and oxygen atoms in total. The average Bonchev–Trinajstić information content (AvgIpc) is 2.65. The maximum absolute atomic E-state index is 11.5. The van der Waals surface area contributed by atoms with Crippen LogP contribution in [0, 0.1) is 0 Å². The van der Waals surface area contributed by atoms with Crippen LogP contribution in [0.25, 0.3) is 0 Å². The number of ether oxygens (including phenoxy) is 3. The quantitative estimate of drug-likeness (QED) is 0.133. The minimum absolute atomic E-state index is 0.169. The molecular formula is C23H40O6. The van der Waals surface area contributed by atoms with Crippen molar-refractivity contribution in [2.24, 2.45) is 0 Å². The van der Waals surface area contributed by atoms with Crippen LogP contribution in [0.2, 0.25) is 0 Å². The summed E-state index contributed by atoms with van der Waals surface area (Å²) < 4.78 is 15.4. The Kier molecular flexibility index (Phi) is 17.0. The molecule has 168 valence electrons. The van der Waals surface area contributed by atoms with E-state index in [2.05, 4.69) is 11.7 Å². The van der Waals surface area contributed by atoms with Crippen molar-refractivity contribution in [3.05, 3.63) is 11.8 Å². The Balaban J connectivity index is 4.48. The molecule has 0 spiro atoms. The van der Waals surface area contributed by atoms with Crippen LogP contribution >= 0.6 is 0 Å². The van der Waals surface area contributed by atoms with Gasteiger partial charge in [-0.15, -0.1) is 0 Å². The maximum atomic E-state index is 11.5. The van der Waals surface area contributed by atoms with Gasteiger partial charge in [-0.05, 0) is 31.8 Å². The fraction of sp³-hybridized carbons (Fsp3) is 0.783. The van der Waals surface area contributed by atoms with Gasteiger partial charge in [0.25, 0.3) is 0 Å². The maximum Gasteiger partial charge on any atom is 0.307 e. The van der Waals surface area contributed by atoms with Gasteiger partial charge in [-0.1, -0.05) is 51.9 Å². The highest BCUT2D eigenvalue weighted by Gasteiger charge is 2.13. The number of methoxy groups -OCH3 is 1. The molecule has 0 aromatic rings. The van der Waals surface area contributed by atoms with Crippen molar-refractivity contribution in [3.63, 3.8) is 0 Å². The second-order valence-electron chi connectivity index (χ2n) is 7.42. The highest BCUT2D eigenvalue weighted by atomic mass is 16.6. The Hall–Kier alpha value is -1.85. The summed E-state index contributed by atoms with van der Waals surface area (Å²) in [5.41, 5.74) is 0. The van der Waals surface area contributed by atoms with Crippen LogP contribution in [0.4, 0.5) is 0 Å².